The first-order valence-corrected chi connectivity index (χ1v) is 12.4. The van der Waals surface area contributed by atoms with Crippen LogP contribution in [0.25, 0.3) is 11.1 Å². The van der Waals surface area contributed by atoms with E-state index in [4.69, 9.17) is 0 Å². The molecule has 0 aromatic heterocycles. The molecule has 170 valence electrons. The highest BCUT2D eigenvalue weighted by Crippen LogP contribution is 2.45. The minimum atomic E-state index is 0.315. The maximum Gasteiger partial charge on any atom is 0.123 e. The predicted molar refractivity (Wildman–Crippen MR) is 134 cm³/mol. The van der Waals surface area contributed by atoms with Crippen LogP contribution in [-0.2, 0) is 25.7 Å². The van der Waals surface area contributed by atoms with Gasteiger partial charge in [-0.1, -0.05) is 67.5 Å². The van der Waals surface area contributed by atoms with Gasteiger partial charge >= 0.3 is 0 Å². The predicted octanol–water partition coefficient (Wildman–Crippen LogP) is 8.63. The van der Waals surface area contributed by atoms with Crippen molar-refractivity contribution in [2.24, 2.45) is 0 Å². The third kappa shape index (κ3) is 6.52. The summed E-state index contributed by atoms with van der Waals surface area (Å²) in [5.74, 6) is 0.629. The normalized spacial score (nSPS) is 13.2. The Kier molecular flexibility index (Phi) is 14.8. The van der Waals surface area contributed by atoms with Gasteiger partial charge in [-0.2, -0.15) is 0 Å². The molecule has 0 amide bonds. The van der Waals surface area contributed by atoms with Crippen molar-refractivity contribution in [2.75, 3.05) is 0 Å². The number of rotatable bonds is 1. The van der Waals surface area contributed by atoms with Gasteiger partial charge < -0.3 is 10.2 Å². The Morgan fingerprint density at radius 3 is 1.10 bits per heavy atom. The molecule has 0 atom stereocenters. The monoisotopic (exact) mass is 414 g/mol. The number of phenols is 2. The first kappa shape index (κ1) is 28.0. The lowest BCUT2D eigenvalue weighted by Crippen LogP contribution is -2.08. The van der Waals surface area contributed by atoms with E-state index in [0.717, 1.165) is 36.8 Å². The first-order chi connectivity index (χ1) is 14.8. The summed E-state index contributed by atoms with van der Waals surface area (Å²) in [6, 6.07) is 7.72. The Labute approximate surface area is 186 Å². The molecule has 2 heteroatoms. The summed E-state index contributed by atoms with van der Waals surface area (Å²) in [4.78, 5) is 0. The summed E-state index contributed by atoms with van der Waals surface area (Å²) < 4.78 is 0. The van der Waals surface area contributed by atoms with Gasteiger partial charge in [0.2, 0.25) is 0 Å². The summed E-state index contributed by atoms with van der Waals surface area (Å²) in [6.07, 6.45) is 8.94. The Morgan fingerprint density at radius 2 is 0.767 bits per heavy atom. The van der Waals surface area contributed by atoms with E-state index in [1.54, 1.807) is 12.1 Å². The topological polar surface area (TPSA) is 40.5 Å². The minimum Gasteiger partial charge on any atom is -0.507 e. The Balaban J connectivity index is 0.000000948. The average molecular weight is 415 g/mol. The van der Waals surface area contributed by atoms with Crippen LogP contribution in [0.5, 0.6) is 11.5 Å². The van der Waals surface area contributed by atoms with E-state index in [1.165, 1.54) is 47.9 Å². The van der Waals surface area contributed by atoms with Crippen molar-refractivity contribution in [1.29, 1.82) is 0 Å². The summed E-state index contributed by atoms with van der Waals surface area (Å²) in [5, 5.41) is 21.1. The molecular weight excluding hydrogens is 368 g/mol. The van der Waals surface area contributed by atoms with Crippen LogP contribution in [0.2, 0.25) is 0 Å². The fourth-order valence-corrected chi connectivity index (χ4v) is 4.19. The van der Waals surface area contributed by atoms with Crippen LogP contribution >= 0.6 is 0 Å². The number of hydrogen-bond donors (Lipinski definition) is 2. The maximum atomic E-state index is 10.5. The standard InChI is InChI=1S/C20H22O2.4C2H6/c21-17-11-9-13-5-1-3-7-15(13)19(17)20-16-8-4-2-6-14(16)10-12-18(20)22;4*1-2/h9-12,21-22H,1-8H2;4*1-2H3. The molecule has 2 nitrogen and oxygen atoms in total. The number of aryl methyl sites for hydroxylation is 2. The van der Waals surface area contributed by atoms with Gasteiger partial charge in [-0.05, 0) is 85.8 Å². The lowest BCUT2D eigenvalue weighted by Gasteiger charge is -2.25. The van der Waals surface area contributed by atoms with E-state index < -0.39 is 0 Å². The first-order valence-electron chi connectivity index (χ1n) is 12.4. The third-order valence-corrected chi connectivity index (χ3v) is 5.27. The van der Waals surface area contributed by atoms with E-state index in [2.05, 4.69) is 12.1 Å². The molecule has 0 heterocycles. The second-order valence-electron chi connectivity index (χ2n) is 6.61. The largest absolute Gasteiger partial charge is 0.507 e. The van der Waals surface area contributed by atoms with Crippen molar-refractivity contribution in [3.05, 3.63) is 46.5 Å². The molecule has 2 aromatic carbocycles. The van der Waals surface area contributed by atoms with Crippen LogP contribution in [-0.4, -0.2) is 10.2 Å². The van der Waals surface area contributed by atoms with Gasteiger partial charge in [0.05, 0.1) is 0 Å². The van der Waals surface area contributed by atoms with Crippen molar-refractivity contribution < 1.29 is 10.2 Å². The Bertz CT molecular complexity index is 668. The SMILES string of the molecule is CC.CC.CC.CC.Oc1ccc2c(c1-c1c(O)ccc3c1CCCC3)CCCC2. The summed E-state index contributed by atoms with van der Waals surface area (Å²) in [5.41, 5.74) is 6.97. The highest BCUT2D eigenvalue weighted by Gasteiger charge is 2.24. The van der Waals surface area contributed by atoms with Gasteiger partial charge in [0, 0.05) is 11.1 Å². The molecular formula is C28H46O2. The fraction of sp³-hybridized carbons (Fsp3) is 0.571. The molecule has 2 aliphatic rings. The number of aromatic hydroxyl groups is 2. The molecule has 4 rings (SSSR count). The van der Waals surface area contributed by atoms with Crippen molar-refractivity contribution >= 4 is 0 Å². The second kappa shape index (κ2) is 15.8. The average Bonchev–Trinajstić information content (AvgIpc) is 2.85. The van der Waals surface area contributed by atoms with E-state index in [1.807, 2.05) is 55.4 Å². The maximum absolute atomic E-state index is 10.5. The zero-order chi connectivity index (χ0) is 23.1. The van der Waals surface area contributed by atoms with Crippen LogP contribution in [0.4, 0.5) is 0 Å². The van der Waals surface area contributed by atoms with E-state index in [9.17, 15) is 10.2 Å². The minimum absolute atomic E-state index is 0.315. The number of benzene rings is 2. The van der Waals surface area contributed by atoms with Crippen LogP contribution in [0.15, 0.2) is 24.3 Å². The quantitative estimate of drug-likeness (QED) is 0.490. The zero-order valence-electron chi connectivity index (χ0n) is 20.9. The molecule has 2 N–H and O–H groups in total. The van der Waals surface area contributed by atoms with Crippen LogP contribution in [0, 0.1) is 0 Å². The van der Waals surface area contributed by atoms with Crippen molar-refractivity contribution in [2.45, 2.75) is 107 Å². The van der Waals surface area contributed by atoms with Crippen molar-refractivity contribution in [3.8, 4) is 22.6 Å². The Morgan fingerprint density at radius 1 is 0.467 bits per heavy atom. The van der Waals surface area contributed by atoms with E-state index >= 15 is 0 Å². The van der Waals surface area contributed by atoms with Gasteiger partial charge in [-0.25, -0.2) is 0 Å². The Hall–Kier alpha value is -1.96. The van der Waals surface area contributed by atoms with Crippen LogP contribution < -0.4 is 0 Å². The highest BCUT2D eigenvalue weighted by atomic mass is 16.3. The molecule has 0 unspecified atom stereocenters. The number of fused-ring (bicyclic) bond motifs is 2. The summed E-state index contributed by atoms with van der Waals surface area (Å²) in [6.45, 7) is 16.0. The van der Waals surface area contributed by atoms with Gasteiger partial charge in [0.15, 0.2) is 0 Å². The molecule has 0 aliphatic heterocycles. The summed E-state index contributed by atoms with van der Waals surface area (Å²) in [7, 11) is 0. The summed E-state index contributed by atoms with van der Waals surface area (Å²) >= 11 is 0. The zero-order valence-corrected chi connectivity index (χ0v) is 20.9. The molecule has 0 fully saturated rings. The molecule has 0 spiro atoms. The number of hydrogen-bond acceptors (Lipinski definition) is 2. The molecule has 2 aliphatic carbocycles. The van der Waals surface area contributed by atoms with Gasteiger partial charge in [0.1, 0.15) is 11.5 Å². The molecule has 30 heavy (non-hydrogen) atoms. The van der Waals surface area contributed by atoms with E-state index in [-0.39, 0.29) is 0 Å². The number of phenolic OH excluding ortho intramolecular Hbond substituents is 2. The smallest absolute Gasteiger partial charge is 0.123 e. The van der Waals surface area contributed by atoms with Crippen molar-refractivity contribution in [3.63, 3.8) is 0 Å². The van der Waals surface area contributed by atoms with Gasteiger partial charge in [-0.3, -0.25) is 0 Å². The van der Waals surface area contributed by atoms with Crippen LogP contribution in [0.3, 0.4) is 0 Å². The van der Waals surface area contributed by atoms with Gasteiger partial charge in [-0.15, -0.1) is 0 Å². The highest BCUT2D eigenvalue weighted by molar-refractivity contribution is 5.83. The lowest BCUT2D eigenvalue weighted by atomic mass is 9.80. The molecule has 0 saturated carbocycles. The van der Waals surface area contributed by atoms with Gasteiger partial charge in [0.25, 0.3) is 0 Å². The molecule has 0 bridgehead atoms. The van der Waals surface area contributed by atoms with E-state index in [0.29, 0.717) is 11.5 Å². The van der Waals surface area contributed by atoms with Crippen LogP contribution in [0.1, 0.15) is 103 Å². The van der Waals surface area contributed by atoms with Crippen molar-refractivity contribution in [1.82, 2.24) is 0 Å². The molecule has 2 aromatic rings. The third-order valence-electron chi connectivity index (χ3n) is 5.27. The molecule has 0 saturated heterocycles. The second-order valence-corrected chi connectivity index (χ2v) is 6.61. The lowest BCUT2D eigenvalue weighted by molar-refractivity contribution is 0.466. The fourth-order valence-electron chi connectivity index (χ4n) is 4.19. The molecule has 0 radical (unpaired) electrons.